The van der Waals surface area contributed by atoms with E-state index >= 15 is 0 Å². The van der Waals surface area contributed by atoms with Gasteiger partial charge in [-0.25, -0.2) is 0 Å². The van der Waals surface area contributed by atoms with Crippen molar-refractivity contribution >= 4 is 11.4 Å². The minimum absolute atomic E-state index is 0.155. The van der Waals surface area contributed by atoms with Crippen LogP contribution < -0.4 is 4.90 Å². The number of nitrogens with zero attached hydrogens (tertiary/aromatic N) is 1. The second-order valence-corrected chi connectivity index (χ2v) is 6.46. The van der Waals surface area contributed by atoms with Crippen LogP contribution in [0.3, 0.4) is 0 Å². The summed E-state index contributed by atoms with van der Waals surface area (Å²) in [5.41, 5.74) is 5.32. The van der Waals surface area contributed by atoms with Crippen LogP contribution in [0.25, 0.3) is 0 Å². The fourth-order valence-electron chi connectivity index (χ4n) is 3.64. The first-order valence-electron chi connectivity index (χ1n) is 8.91. The van der Waals surface area contributed by atoms with Crippen molar-refractivity contribution < 1.29 is 5.11 Å². The largest absolute Gasteiger partial charge is 0.394 e. The maximum Gasteiger partial charge on any atom is 0.0639 e. The molecule has 0 aliphatic carbocycles. The Morgan fingerprint density at radius 2 is 1.48 bits per heavy atom. The van der Waals surface area contributed by atoms with E-state index in [9.17, 15) is 5.11 Å². The first-order chi connectivity index (χ1) is 11.3. The topological polar surface area (TPSA) is 23.5 Å². The van der Waals surface area contributed by atoms with E-state index in [1.807, 2.05) is 0 Å². The fourth-order valence-corrected chi connectivity index (χ4v) is 3.64. The molecule has 0 saturated carbocycles. The van der Waals surface area contributed by atoms with Crippen molar-refractivity contribution in [2.45, 2.75) is 51.5 Å². The summed E-state index contributed by atoms with van der Waals surface area (Å²) in [5.74, 6) is 0. The van der Waals surface area contributed by atoms with Gasteiger partial charge in [0.05, 0.1) is 12.6 Å². The summed E-state index contributed by atoms with van der Waals surface area (Å²) < 4.78 is 0. The zero-order valence-electron chi connectivity index (χ0n) is 14.0. The first kappa shape index (κ1) is 16.1. The Balaban J connectivity index is 2.02. The van der Waals surface area contributed by atoms with Crippen LogP contribution in [0.15, 0.2) is 48.5 Å². The third-order valence-electron chi connectivity index (χ3n) is 4.88. The van der Waals surface area contributed by atoms with Gasteiger partial charge in [0.25, 0.3) is 0 Å². The van der Waals surface area contributed by atoms with E-state index in [0.29, 0.717) is 0 Å². The number of aliphatic hydroxyl groups excluding tert-OH is 1. The smallest absolute Gasteiger partial charge is 0.0639 e. The van der Waals surface area contributed by atoms with Crippen LogP contribution in [0, 0.1) is 0 Å². The van der Waals surface area contributed by atoms with E-state index in [1.165, 1.54) is 41.8 Å². The van der Waals surface area contributed by atoms with Crippen molar-refractivity contribution in [3.05, 3.63) is 59.7 Å². The standard InChI is InChI=1S/C21H27NO/c1-2-3-4-11-19(16-23)22-20-12-7-5-9-17(20)14-15-18-10-6-8-13-21(18)22/h5-10,12-13,19,23H,2-4,11,14-16H2,1H3. The van der Waals surface area contributed by atoms with Crippen molar-refractivity contribution in [2.75, 3.05) is 11.5 Å². The van der Waals surface area contributed by atoms with E-state index in [1.54, 1.807) is 0 Å². The Hall–Kier alpha value is -1.80. The summed E-state index contributed by atoms with van der Waals surface area (Å²) in [6.45, 7) is 2.43. The number of unbranched alkanes of at least 4 members (excludes halogenated alkanes) is 2. The number of hydrogen-bond donors (Lipinski definition) is 1. The first-order valence-corrected chi connectivity index (χ1v) is 8.91. The van der Waals surface area contributed by atoms with Gasteiger partial charge in [0.2, 0.25) is 0 Å². The van der Waals surface area contributed by atoms with Crippen LogP contribution in [-0.2, 0) is 12.8 Å². The lowest BCUT2D eigenvalue weighted by Crippen LogP contribution is -2.35. The molecule has 0 aromatic heterocycles. The van der Waals surface area contributed by atoms with E-state index in [0.717, 1.165) is 19.3 Å². The summed E-state index contributed by atoms with van der Waals surface area (Å²) in [6, 6.07) is 17.5. The number of aliphatic hydroxyl groups is 1. The van der Waals surface area contributed by atoms with Gasteiger partial charge in [-0.1, -0.05) is 62.6 Å². The molecule has 0 fully saturated rings. The number of para-hydroxylation sites is 2. The monoisotopic (exact) mass is 309 g/mol. The number of rotatable bonds is 6. The Morgan fingerprint density at radius 1 is 0.913 bits per heavy atom. The van der Waals surface area contributed by atoms with Crippen LogP contribution in [-0.4, -0.2) is 17.8 Å². The molecule has 2 aromatic rings. The molecule has 0 amide bonds. The molecule has 0 radical (unpaired) electrons. The maximum absolute atomic E-state index is 10.1. The Morgan fingerprint density at radius 3 is 2.00 bits per heavy atom. The average Bonchev–Trinajstić information content (AvgIpc) is 2.76. The van der Waals surface area contributed by atoms with Gasteiger partial charge in [-0.05, 0) is 42.5 Å². The third-order valence-corrected chi connectivity index (χ3v) is 4.88. The van der Waals surface area contributed by atoms with Crippen molar-refractivity contribution in [3.8, 4) is 0 Å². The lowest BCUT2D eigenvalue weighted by molar-refractivity contribution is 0.256. The Kier molecular flexibility index (Phi) is 5.35. The number of aryl methyl sites for hydroxylation is 2. The van der Waals surface area contributed by atoms with Gasteiger partial charge in [-0.15, -0.1) is 0 Å². The van der Waals surface area contributed by atoms with Crippen LogP contribution in [0.2, 0.25) is 0 Å². The number of hydrogen-bond acceptors (Lipinski definition) is 2. The van der Waals surface area contributed by atoms with Gasteiger partial charge >= 0.3 is 0 Å². The minimum atomic E-state index is 0.155. The normalized spacial score (nSPS) is 14.8. The molecule has 122 valence electrons. The quantitative estimate of drug-likeness (QED) is 0.770. The molecule has 2 aromatic carbocycles. The molecular weight excluding hydrogens is 282 g/mol. The van der Waals surface area contributed by atoms with Crippen LogP contribution in [0.1, 0.15) is 43.7 Å². The maximum atomic E-state index is 10.1. The highest BCUT2D eigenvalue weighted by atomic mass is 16.3. The molecule has 2 heteroatoms. The number of benzene rings is 2. The third kappa shape index (κ3) is 3.42. The van der Waals surface area contributed by atoms with Crippen LogP contribution >= 0.6 is 0 Å². The van der Waals surface area contributed by atoms with Crippen molar-refractivity contribution in [3.63, 3.8) is 0 Å². The zero-order chi connectivity index (χ0) is 16.1. The second-order valence-electron chi connectivity index (χ2n) is 6.46. The van der Waals surface area contributed by atoms with Crippen molar-refractivity contribution in [1.29, 1.82) is 0 Å². The molecule has 0 saturated heterocycles. The van der Waals surface area contributed by atoms with E-state index < -0.39 is 0 Å². The van der Waals surface area contributed by atoms with Crippen molar-refractivity contribution in [1.82, 2.24) is 0 Å². The van der Waals surface area contributed by atoms with E-state index in [4.69, 9.17) is 0 Å². The summed E-state index contributed by atoms with van der Waals surface area (Å²) in [6.07, 6.45) is 6.78. The highest BCUT2D eigenvalue weighted by Crippen LogP contribution is 2.38. The predicted molar refractivity (Wildman–Crippen MR) is 97.4 cm³/mol. The average molecular weight is 309 g/mol. The van der Waals surface area contributed by atoms with Gasteiger partial charge in [0.15, 0.2) is 0 Å². The Bertz CT molecular complexity index is 590. The molecular formula is C21H27NO. The van der Waals surface area contributed by atoms with Gasteiger partial charge in [0, 0.05) is 11.4 Å². The lowest BCUT2D eigenvalue weighted by atomic mass is 10.0. The zero-order valence-corrected chi connectivity index (χ0v) is 14.0. The summed E-state index contributed by atoms with van der Waals surface area (Å²) in [5, 5.41) is 10.1. The van der Waals surface area contributed by atoms with Crippen LogP contribution in [0.4, 0.5) is 11.4 Å². The summed E-state index contributed by atoms with van der Waals surface area (Å²) >= 11 is 0. The molecule has 1 N–H and O–H groups in total. The molecule has 0 spiro atoms. The van der Waals surface area contributed by atoms with Gasteiger partial charge < -0.3 is 10.0 Å². The highest BCUT2D eigenvalue weighted by molar-refractivity contribution is 5.71. The summed E-state index contributed by atoms with van der Waals surface area (Å²) in [7, 11) is 0. The van der Waals surface area contributed by atoms with Gasteiger partial charge in [-0.3, -0.25) is 0 Å². The summed E-state index contributed by atoms with van der Waals surface area (Å²) in [4.78, 5) is 2.40. The van der Waals surface area contributed by atoms with Gasteiger partial charge in [-0.2, -0.15) is 0 Å². The molecule has 1 unspecified atom stereocenters. The van der Waals surface area contributed by atoms with Crippen molar-refractivity contribution in [2.24, 2.45) is 0 Å². The predicted octanol–water partition coefficient (Wildman–Crippen LogP) is 4.86. The molecule has 0 bridgehead atoms. The molecule has 1 aliphatic rings. The molecule has 1 aliphatic heterocycles. The molecule has 23 heavy (non-hydrogen) atoms. The molecule has 1 heterocycles. The van der Waals surface area contributed by atoms with Gasteiger partial charge in [0.1, 0.15) is 0 Å². The Labute approximate surface area is 139 Å². The minimum Gasteiger partial charge on any atom is -0.394 e. The SMILES string of the molecule is CCCCCC(CO)N1c2ccccc2CCc2ccccc21. The highest BCUT2D eigenvalue weighted by Gasteiger charge is 2.26. The second kappa shape index (κ2) is 7.65. The number of anilines is 2. The molecule has 2 nitrogen and oxygen atoms in total. The lowest BCUT2D eigenvalue weighted by Gasteiger charge is -2.34. The fraction of sp³-hybridized carbons (Fsp3) is 0.429. The van der Waals surface area contributed by atoms with Crippen LogP contribution in [0.5, 0.6) is 0 Å². The number of fused-ring (bicyclic) bond motifs is 2. The van der Waals surface area contributed by atoms with E-state index in [2.05, 4.69) is 60.4 Å². The van der Waals surface area contributed by atoms with E-state index in [-0.39, 0.29) is 12.6 Å². The molecule has 1 atom stereocenters. The molecule has 3 rings (SSSR count).